The molecule has 0 saturated carbocycles. The molecule has 0 radical (unpaired) electrons. The molecule has 3 aromatic rings. The highest BCUT2D eigenvalue weighted by molar-refractivity contribution is 6.02. The number of carbonyl (C=O) groups is 1. The largest absolute Gasteiger partial charge is 0.454 e. The van der Waals surface area contributed by atoms with Crippen molar-refractivity contribution in [3.63, 3.8) is 0 Å². The Morgan fingerprint density at radius 2 is 1.92 bits per heavy atom. The average molecular weight is 325 g/mol. The summed E-state index contributed by atoms with van der Waals surface area (Å²) in [6, 6.07) is 9.64. The number of ketones is 1. The fourth-order valence-electron chi connectivity index (χ4n) is 2.94. The SMILES string of the molecule is Cc1ccc(-c2cc3c(cc(C(=O)C(C)(C)C)n3C)o2)c(CO)c1. The van der Waals surface area contributed by atoms with Crippen molar-refractivity contribution >= 4 is 16.9 Å². The Hall–Kier alpha value is -2.33. The number of nitrogens with zero attached hydrogens (tertiary/aromatic N) is 1. The Morgan fingerprint density at radius 3 is 2.50 bits per heavy atom. The first-order valence-corrected chi connectivity index (χ1v) is 8.07. The van der Waals surface area contributed by atoms with Gasteiger partial charge in [0.2, 0.25) is 0 Å². The summed E-state index contributed by atoms with van der Waals surface area (Å²) in [7, 11) is 1.88. The molecular formula is C20H23NO3. The van der Waals surface area contributed by atoms with Crippen molar-refractivity contribution in [3.05, 3.63) is 47.2 Å². The second-order valence-corrected chi connectivity index (χ2v) is 7.35. The third-order valence-electron chi connectivity index (χ3n) is 4.34. The monoisotopic (exact) mass is 325 g/mol. The van der Waals surface area contributed by atoms with Crippen molar-refractivity contribution in [1.29, 1.82) is 0 Å². The van der Waals surface area contributed by atoms with Gasteiger partial charge in [0.25, 0.3) is 0 Å². The lowest BCUT2D eigenvalue weighted by Crippen LogP contribution is -2.22. The number of aromatic nitrogens is 1. The van der Waals surface area contributed by atoms with Crippen LogP contribution in [-0.4, -0.2) is 15.5 Å². The lowest BCUT2D eigenvalue weighted by Gasteiger charge is -2.16. The molecule has 0 bridgehead atoms. The van der Waals surface area contributed by atoms with Crippen LogP contribution in [0.15, 0.2) is 34.7 Å². The third-order valence-corrected chi connectivity index (χ3v) is 4.34. The molecule has 1 aromatic carbocycles. The molecule has 0 saturated heterocycles. The molecule has 1 N–H and O–H groups in total. The highest BCUT2D eigenvalue weighted by Gasteiger charge is 2.27. The van der Waals surface area contributed by atoms with Crippen LogP contribution >= 0.6 is 0 Å². The van der Waals surface area contributed by atoms with E-state index >= 15 is 0 Å². The Bertz CT molecular complexity index is 922. The van der Waals surface area contributed by atoms with Crippen molar-refractivity contribution < 1.29 is 14.3 Å². The van der Waals surface area contributed by atoms with Crippen LogP contribution in [0, 0.1) is 12.3 Å². The maximum absolute atomic E-state index is 12.6. The summed E-state index contributed by atoms with van der Waals surface area (Å²) in [5.74, 6) is 0.791. The van der Waals surface area contributed by atoms with Crippen LogP contribution in [0.1, 0.15) is 42.4 Å². The van der Waals surface area contributed by atoms with E-state index in [0.29, 0.717) is 17.0 Å². The van der Waals surface area contributed by atoms with E-state index < -0.39 is 5.41 Å². The predicted octanol–water partition coefficient (Wildman–Crippen LogP) is 4.47. The molecule has 0 amide bonds. The van der Waals surface area contributed by atoms with Gasteiger partial charge in [-0.25, -0.2) is 0 Å². The van der Waals surface area contributed by atoms with Crippen LogP contribution in [0.4, 0.5) is 0 Å². The molecule has 0 aliphatic rings. The summed E-state index contributed by atoms with van der Waals surface area (Å²) in [5.41, 5.74) is 4.58. The van der Waals surface area contributed by atoms with Gasteiger partial charge in [0, 0.05) is 30.2 Å². The van der Waals surface area contributed by atoms with Gasteiger partial charge in [-0.3, -0.25) is 4.79 Å². The number of benzene rings is 1. The van der Waals surface area contributed by atoms with Gasteiger partial charge in [-0.1, -0.05) is 44.5 Å². The normalized spacial score (nSPS) is 12.1. The number of hydrogen-bond acceptors (Lipinski definition) is 3. The summed E-state index contributed by atoms with van der Waals surface area (Å²) < 4.78 is 7.85. The average Bonchev–Trinajstić information content (AvgIpc) is 3.05. The minimum absolute atomic E-state index is 0.0399. The zero-order valence-corrected chi connectivity index (χ0v) is 14.8. The number of aliphatic hydroxyl groups is 1. The first kappa shape index (κ1) is 16.5. The standard InChI is InChI=1S/C20H23NO3/c1-12-6-7-14(13(8-12)11-22)17-9-15-18(24-17)10-16(21(15)5)19(23)20(2,3)4/h6-10,22H,11H2,1-5H3. The Balaban J connectivity index is 2.10. The van der Waals surface area contributed by atoms with Crippen molar-refractivity contribution in [1.82, 2.24) is 4.57 Å². The lowest BCUT2D eigenvalue weighted by atomic mass is 9.89. The molecular weight excluding hydrogens is 302 g/mol. The van der Waals surface area contributed by atoms with E-state index in [1.807, 2.05) is 63.6 Å². The minimum atomic E-state index is -0.437. The number of aliphatic hydroxyl groups excluding tert-OH is 1. The highest BCUT2D eigenvalue weighted by atomic mass is 16.3. The van der Waals surface area contributed by atoms with Gasteiger partial charge in [0.05, 0.1) is 17.8 Å². The first-order valence-electron chi connectivity index (χ1n) is 8.07. The molecule has 4 heteroatoms. The number of carbonyl (C=O) groups excluding carboxylic acids is 1. The van der Waals surface area contributed by atoms with E-state index in [1.165, 1.54) is 0 Å². The Morgan fingerprint density at radius 1 is 1.21 bits per heavy atom. The van der Waals surface area contributed by atoms with Crippen molar-refractivity contribution in [3.8, 4) is 11.3 Å². The van der Waals surface area contributed by atoms with Gasteiger partial charge in [-0.15, -0.1) is 0 Å². The maximum Gasteiger partial charge on any atom is 0.184 e. The van der Waals surface area contributed by atoms with Crippen LogP contribution in [0.3, 0.4) is 0 Å². The van der Waals surface area contributed by atoms with Gasteiger partial charge in [0.15, 0.2) is 11.4 Å². The van der Waals surface area contributed by atoms with Gasteiger partial charge in [0.1, 0.15) is 5.76 Å². The van der Waals surface area contributed by atoms with Crippen molar-refractivity contribution in [2.45, 2.75) is 34.3 Å². The molecule has 4 nitrogen and oxygen atoms in total. The van der Waals surface area contributed by atoms with E-state index in [1.54, 1.807) is 6.07 Å². The maximum atomic E-state index is 12.6. The fourth-order valence-corrected chi connectivity index (χ4v) is 2.94. The van der Waals surface area contributed by atoms with E-state index in [9.17, 15) is 9.90 Å². The number of rotatable bonds is 3. The number of fused-ring (bicyclic) bond motifs is 1. The smallest absolute Gasteiger partial charge is 0.184 e. The number of Topliss-reactive ketones (excluding diaryl/α,β-unsaturated/α-hetero) is 1. The molecule has 0 aliphatic heterocycles. The van der Waals surface area contributed by atoms with E-state index in [2.05, 4.69) is 0 Å². The molecule has 126 valence electrons. The van der Waals surface area contributed by atoms with Gasteiger partial charge in [-0.2, -0.15) is 0 Å². The lowest BCUT2D eigenvalue weighted by molar-refractivity contribution is 0.0850. The van der Waals surface area contributed by atoms with Gasteiger partial charge in [-0.05, 0) is 12.5 Å². The summed E-state index contributed by atoms with van der Waals surface area (Å²) in [6.07, 6.45) is 0. The van der Waals surface area contributed by atoms with Gasteiger partial charge >= 0.3 is 0 Å². The molecule has 0 spiro atoms. The number of aryl methyl sites for hydroxylation is 2. The van der Waals surface area contributed by atoms with Crippen LogP contribution < -0.4 is 0 Å². The molecule has 2 heterocycles. The van der Waals surface area contributed by atoms with Crippen molar-refractivity contribution in [2.24, 2.45) is 12.5 Å². The molecule has 0 unspecified atom stereocenters. The van der Waals surface area contributed by atoms with E-state index in [0.717, 1.165) is 22.2 Å². The van der Waals surface area contributed by atoms with E-state index in [-0.39, 0.29) is 12.4 Å². The summed E-state index contributed by atoms with van der Waals surface area (Å²) in [4.78, 5) is 12.6. The minimum Gasteiger partial charge on any atom is -0.454 e. The summed E-state index contributed by atoms with van der Waals surface area (Å²) >= 11 is 0. The third kappa shape index (κ3) is 2.67. The summed E-state index contributed by atoms with van der Waals surface area (Å²) in [6.45, 7) is 7.69. The fraction of sp³-hybridized carbons (Fsp3) is 0.350. The predicted molar refractivity (Wildman–Crippen MR) is 95.1 cm³/mol. The molecule has 2 aromatic heterocycles. The van der Waals surface area contributed by atoms with Crippen LogP contribution in [-0.2, 0) is 13.7 Å². The van der Waals surface area contributed by atoms with Crippen molar-refractivity contribution in [2.75, 3.05) is 0 Å². The van der Waals surface area contributed by atoms with Gasteiger partial charge < -0.3 is 14.1 Å². The number of furan rings is 1. The molecule has 0 fully saturated rings. The topological polar surface area (TPSA) is 55.4 Å². The van der Waals surface area contributed by atoms with Crippen LogP contribution in [0.2, 0.25) is 0 Å². The van der Waals surface area contributed by atoms with E-state index in [4.69, 9.17) is 4.42 Å². The van der Waals surface area contributed by atoms with Crippen LogP contribution in [0.25, 0.3) is 22.4 Å². The molecule has 0 aliphatic carbocycles. The second kappa shape index (κ2) is 5.64. The molecule has 24 heavy (non-hydrogen) atoms. The Labute approximate surface area is 141 Å². The number of hydrogen-bond donors (Lipinski definition) is 1. The Kier molecular flexibility index (Phi) is 3.88. The zero-order valence-electron chi connectivity index (χ0n) is 14.8. The van der Waals surface area contributed by atoms with Crippen LogP contribution in [0.5, 0.6) is 0 Å². The molecule has 0 atom stereocenters. The quantitative estimate of drug-likeness (QED) is 0.723. The molecule has 3 rings (SSSR count). The first-order chi connectivity index (χ1) is 11.2. The highest BCUT2D eigenvalue weighted by Crippen LogP contribution is 2.33. The second-order valence-electron chi connectivity index (χ2n) is 7.35. The zero-order chi connectivity index (χ0) is 17.6. The summed E-state index contributed by atoms with van der Waals surface area (Å²) in [5, 5.41) is 9.60.